The van der Waals surface area contributed by atoms with Gasteiger partial charge in [0.25, 0.3) is 0 Å². The number of aliphatic carboxylic acids is 1. The van der Waals surface area contributed by atoms with Gasteiger partial charge in [-0.2, -0.15) is 4.31 Å². The van der Waals surface area contributed by atoms with Crippen molar-refractivity contribution >= 4 is 39.1 Å². The number of carboxylic acids is 1. The summed E-state index contributed by atoms with van der Waals surface area (Å²) in [6.07, 6.45) is 3.73. The van der Waals surface area contributed by atoms with E-state index in [2.05, 4.69) is 0 Å². The van der Waals surface area contributed by atoms with Crippen LogP contribution in [0.15, 0.2) is 64.6 Å². The Balaban J connectivity index is 2.19. The predicted octanol–water partition coefficient (Wildman–Crippen LogP) is 3.16. The number of fused-ring (bicyclic) bond motifs is 1. The zero-order valence-corrected chi connectivity index (χ0v) is 17.0. The summed E-state index contributed by atoms with van der Waals surface area (Å²) < 4.78 is 32.9. The maximum atomic E-state index is 13.1. The molecule has 0 amide bonds. The molecule has 2 aromatic rings. The van der Waals surface area contributed by atoms with Crippen LogP contribution in [0.3, 0.4) is 0 Å². The van der Waals surface area contributed by atoms with Gasteiger partial charge in [-0.25, -0.2) is 13.2 Å². The van der Waals surface area contributed by atoms with Crippen molar-refractivity contribution in [3.63, 3.8) is 0 Å². The lowest BCUT2D eigenvalue weighted by Gasteiger charge is -2.25. The number of nitrogens with zero attached hydrogens (tertiary/aromatic N) is 2. The molecule has 0 atom stereocenters. The van der Waals surface area contributed by atoms with Gasteiger partial charge in [0.1, 0.15) is 10.6 Å². The minimum Gasteiger partial charge on any atom is -0.478 e. The SMILES string of the molecule is CSc1cc2c(cc1O/C=C/C(=O)O)S(=O)(=O)N(C)CCN2c1ccccc1. The maximum absolute atomic E-state index is 13.1. The lowest BCUT2D eigenvalue weighted by atomic mass is 10.2. The summed E-state index contributed by atoms with van der Waals surface area (Å²) >= 11 is 1.39. The molecule has 7 nitrogen and oxygen atoms in total. The Bertz CT molecular complexity index is 1010. The molecule has 1 aliphatic heterocycles. The van der Waals surface area contributed by atoms with Crippen molar-refractivity contribution in [2.24, 2.45) is 0 Å². The standard InChI is InChI=1S/C19H20N2O5S2/c1-20-9-10-21(14-6-4-3-5-7-14)15-12-17(27-2)16(26-11-8-19(22)23)13-18(15)28(20,24)25/h3-8,11-13H,9-10H2,1-2H3,(H,22,23)/b11-8+. The lowest BCUT2D eigenvalue weighted by molar-refractivity contribution is -0.131. The van der Waals surface area contributed by atoms with Crippen LogP contribution < -0.4 is 9.64 Å². The monoisotopic (exact) mass is 420 g/mol. The average Bonchev–Trinajstić information content (AvgIpc) is 2.77. The van der Waals surface area contributed by atoms with Crippen molar-refractivity contribution in [3.05, 3.63) is 54.8 Å². The van der Waals surface area contributed by atoms with Crippen LogP contribution in [-0.2, 0) is 14.8 Å². The zero-order chi connectivity index (χ0) is 20.3. The van der Waals surface area contributed by atoms with Crippen LogP contribution in [-0.4, -0.2) is 50.2 Å². The molecule has 148 valence electrons. The van der Waals surface area contributed by atoms with Crippen molar-refractivity contribution in [2.45, 2.75) is 9.79 Å². The van der Waals surface area contributed by atoms with E-state index in [-0.39, 0.29) is 10.6 Å². The quantitative estimate of drug-likeness (QED) is 0.452. The summed E-state index contributed by atoms with van der Waals surface area (Å²) in [5.74, 6) is -0.862. The maximum Gasteiger partial charge on any atom is 0.331 e. The third kappa shape index (κ3) is 4.01. The normalized spacial score (nSPS) is 16.6. The number of ether oxygens (including phenoxy) is 1. The highest BCUT2D eigenvalue weighted by molar-refractivity contribution is 7.98. The van der Waals surface area contributed by atoms with E-state index in [0.29, 0.717) is 23.7 Å². The fourth-order valence-corrected chi connectivity index (χ4v) is 4.78. The third-order valence-electron chi connectivity index (χ3n) is 4.34. The van der Waals surface area contributed by atoms with Gasteiger partial charge >= 0.3 is 5.97 Å². The molecule has 0 bridgehead atoms. The summed E-state index contributed by atoms with van der Waals surface area (Å²) in [6, 6.07) is 12.8. The van der Waals surface area contributed by atoms with Gasteiger partial charge in [0.2, 0.25) is 10.0 Å². The van der Waals surface area contributed by atoms with Crippen molar-refractivity contribution < 1.29 is 23.1 Å². The van der Waals surface area contributed by atoms with Crippen molar-refractivity contribution in [1.29, 1.82) is 0 Å². The minimum absolute atomic E-state index is 0.118. The zero-order valence-electron chi connectivity index (χ0n) is 15.4. The van der Waals surface area contributed by atoms with Crippen LogP contribution in [0.25, 0.3) is 0 Å². The van der Waals surface area contributed by atoms with E-state index >= 15 is 0 Å². The van der Waals surface area contributed by atoms with Crippen LogP contribution in [0.4, 0.5) is 11.4 Å². The van der Waals surface area contributed by atoms with Crippen LogP contribution in [0.2, 0.25) is 0 Å². The van der Waals surface area contributed by atoms with Gasteiger partial charge in [-0.15, -0.1) is 11.8 Å². The number of anilines is 2. The fourth-order valence-electron chi connectivity index (χ4n) is 2.89. The highest BCUT2D eigenvalue weighted by atomic mass is 32.2. The Labute approximate surface area is 168 Å². The first kappa shape index (κ1) is 20.2. The van der Waals surface area contributed by atoms with E-state index < -0.39 is 16.0 Å². The summed E-state index contributed by atoms with van der Waals surface area (Å²) in [7, 11) is -2.18. The Hall–Kier alpha value is -2.49. The van der Waals surface area contributed by atoms with E-state index in [1.165, 1.54) is 22.1 Å². The van der Waals surface area contributed by atoms with Crippen molar-refractivity contribution in [2.75, 3.05) is 31.3 Å². The molecule has 1 N–H and O–H groups in total. The van der Waals surface area contributed by atoms with E-state index in [4.69, 9.17) is 9.84 Å². The molecule has 3 rings (SSSR count). The largest absolute Gasteiger partial charge is 0.478 e. The van der Waals surface area contributed by atoms with E-state index in [1.807, 2.05) is 41.5 Å². The molecule has 0 aromatic heterocycles. The highest BCUT2D eigenvalue weighted by Gasteiger charge is 2.32. The van der Waals surface area contributed by atoms with Crippen molar-refractivity contribution in [1.82, 2.24) is 4.31 Å². The first-order chi connectivity index (χ1) is 13.3. The Morgan fingerprint density at radius 1 is 1.21 bits per heavy atom. The number of hydrogen-bond donors (Lipinski definition) is 1. The molecule has 28 heavy (non-hydrogen) atoms. The van der Waals surface area contributed by atoms with Gasteiger partial charge in [0, 0.05) is 31.9 Å². The lowest BCUT2D eigenvalue weighted by Crippen LogP contribution is -2.30. The number of likely N-dealkylation sites (N-methyl/N-ethyl adjacent to an activating group) is 1. The number of rotatable bonds is 5. The third-order valence-corrected chi connectivity index (χ3v) is 6.98. The van der Waals surface area contributed by atoms with E-state index in [0.717, 1.165) is 18.0 Å². The number of para-hydroxylation sites is 1. The molecule has 0 aliphatic carbocycles. The summed E-state index contributed by atoms with van der Waals surface area (Å²) in [4.78, 5) is 13.5. The van der Waals surface area contributed by atoms with Crippen LogP contribution in [0.5, 0.6) is 5.75 Å². The van der Waals surface area contributed by atoms with Crippen LogP contribution in [0, 0.1) is 0 Å². The molecule has 0 radical (unpaired) electrons. The molecule has 0 unspecified atom stereocenters. The van der Waals surface area contributed by atoms with Gasteiger partial charge < -0.3 is 14.7 Å². The Morgan fingerprint density at radius 2 is 1.93 bits per heavy atom. The van der Waals surface area contributed by atoms with Crippen molar-refractivity contribution in [3.8, 4) is 5.75 Å². The first-order valence-corrected chi connectivity index (χ1v) is 11.1. The Morgan fingerprint density at radius 3 is 2.57 bits per heavy atom. The molecule has 0 saturated carbocycles. The summed E-state index contributed by atoms with van der Waals surface area (Å²) in [5.41, 5.74) is 1.45. The molecule has 0 fully saturated rings. The first-order valence-electron chi connectivity index (χ1n) is 8.41. The fraction of sp³-hybridized carbons (Fsp3) is 0.211. The van der Waals surface area contributed by atoms with Gasteiger partial charge in [0.15, 0.2) is 0 Å². The average molecular weight is 421 g/mol. The Kier molecular flexibility index (Phi) is 5.97. The van der Waals surface area contributed by atoms with Gasteiger partial charge in [-0.1, -0.05) is 18.2 Å². The molecule has 1 heterocycles. The van der Waals surface area contributed by atoms with Gasteiger partial charge in [-0.05, 0) is 24.5 Å². The van der Waals surface area contributed by atoms with E-state index in [1.54, 1.807) is 13.1 Å². The smallest absolute Gasteiger partial charge is 0.331 e. The van der Waals surface area contributed by atoms with Crippen LogP contribution in [0.1, 0.15) is 0 Å². The number of benzene rings is 2. The van der Waals surface area contributed by atoms with Crippen LogP contribution >= 0.6 is 11.8 Å². The number of sulfonamides is 1. The molecule has 2 aromatic carbocycles. The molecule has 9 heteroatoms. The summed E-state index contributed by atoms with van der Waals surface area (Å²) in [6.45, 7) is 0.829. The predicted molar refractivity (Wildman–Crippen MR) is 109 cm³/mol. The topological polar surface area (TPSA) is 87.1 Å². The number of carboxylic acid groups (broad SMARTS) is 1. The van der Waals surface area contributed by atoms with Gasteiger partial charge in [-0.3, -0.25) is 0 Å². The second kappa shape index (κ2) is 8.26. The number of hydrogen-bond acceptors (Lipinski definition) is 6. The second-order valence-electron chi connectivity index (χ2n) is 6.04. The van der Waals surface area contributed by atoms with Gasteiger partial charge in [0.05, 0.1) is 22.9 Å². The number of thioether (sulfide) groups is 1. The second-order valence-corrected chi connectivity index (χ2v) is 8.90. The highest BCUT2D eigenvalue weighted by Crippen LogP contribution is 2.42. The molecular weight excluding hydrogens is 400 g/mol. The molecule has 1 aliphatic rings. The molecular formula is C19H20N2O5S2. The van der Waals surface area contributed by atoms with E-state index in [9.17, 15) is 13.2 Å². The number of carbonyl (C=O) groups is 1. The molecule has 0 saturated heterocycles. The summed E-state index contributed by atoms with van der Waals surface area (Å²) in [5, 5.41) is 8.74. The minimum atomic E-state index is -3.72. The molecule has 0 spiro atoms.